The van der Waals surface area contributed by atoms with Gasteiger partial charge in [0.2, 0.25) is 9.04 Å². The van der Waals surface area contributed by atoms with E-state index in [9.17, 15) is 10.1 Å². The summed E-state index contributed by atoms with van der Waals surface area (Å²) in [6.45, 7) is 9.32. The van der Waals surface area contributed by atoms with Crippen LogP contribution in [0.1, 0.15) is 38.3 Å². The van der Waals surface area contributed by atoms with Gasteiger partial charge in [-0.05, 0) is 52.7 Å². The molecular weight excluding hydrogens is 498 g/mol. The molecule has 2 fully saturated rings. The molecule has 0 N–H and O–H groups in total. The molecule has 3 atom stereocenters. The Morgan fingerprint density at radius 3 is 2.14 bits per heavy atom. The number of hydrogen-bond donors (Lipinski definition) is 0. The number of halogens is 1. The van der Waals surface area contributed by atoms with Crippen LogP contribution in [0.5, 0.6) is 0 Å². The van der Waals surface area contributed by atoms with E-state index in [2.05, 4.69) is 51.1 Å². The van der Waals surface area contributed by atoms with Gasteiger partial charge in [0.1, 0.15) is 12.3 Å². The minimum Gasteiger partial charge on any atom is -0.389 e. The van der Waals surface area contributed by atoms with E-state index in [1.807, 2.05) is 54.3 Å². The van der Waals surface area contributed by atoms with E-state index in [0.29, 0.717) is 28.4 Å². The maximum absolute atomic E-state index is 14.0. The number of amides is 2. The van der Waals surface area contributed by atoms with Gasteiger partial charge >= 0.3 is 6.03 Å². The Kier molecular flexibility index (Phi) is 6.89. The summed E-state index contributed by atoms with van der Waals surface area (Å²) in [7, 11) is -2.18. The predicted molar refractivity (Wildman–Crippen MR) is 151 cm³/mol. The Hall–Kier alpha value is -3.11. The number of fused-ring (bicyclic) bond motifs is 1. The summed E-state index contributed by atoms with van der Waals surface area (Å²) in [4.78, 5) is 17.8. The number of nitriles is 1. The highest BCUT2D eigenvalue weighted by atomic mass is 35.5. The minimum absolute atomic E-state index is 0.00518. The lowest BCUT2D eigenvalue weighted by Crippen LogP contribution is -2.54. The zero-order valence-corrected chi connectivity index (χ0v) is 23.6. The zero-order chi connectivity index (χ0) is 26.3. The van der Waals surface area contributed by atoms with Gasteiger partial charge in [-0.3, -0.25) is 4.90 Å². The Morgan fingerprint density at radius 2 is 1.59 bits per heavy atom. The van der Waals surface area contributed by atoms with Crippen LogP contribution in [-0.2, 0) is 4.43 Å². The van der Waals surface area contributed by atoms with Crippen molar-refractivity contribution in [3.63, 3.8) is 0 Å². The summed E-state index contributed by atoms with van der Waals surface area (Å²) >= 11 is 6.59. The summed E-state index contributed by atoms with van der Waals surface area (Å²) in [6, 6.07) is 26.3. The molecular formula is C30H32ClN3O2Si. The quantitative estimate of drug-likeness (QED) is 0.433. The fraction of sp³-hybridized carbons (Fsp3) is 0.333. The number of carbonyl (C=O) groups excluding carboxylic acids is 1. The number of hydrogen-bond acceptors (Lipinski definition) is 3. The van der Waals surface area contributed by atoms with Crippen molar-refractivity contribution in [1.29, 1.82) is 5.26 Å². The Labute approximate surface area is 226 Å². The number of nitrogens with zero attached hydrogens (tertiary/aromatic N) is 3. The smallest absolute Gasteiger partial charge is 0.327 e. The van der Waals surface area contributed by atoms with Crippen molar-refractivity contribution in [3.8, 4) is 6.07 Å². The first kappa shape index (κ1) is 25.5. The van der Waals surface area contributed by atoms with Crippen molar-refractivity contribution < 1.29 is 9.22 Å². The van der Waals surface area contributed by atoms with Crippen molar-refractivity contribution in [2.75, 3.05) is 11.4 Å². The van der Waals surface area contributed by atoms with Crippen LogP contribution in [0.15, 0.2) is 72.8 Å². The maximum Gasteiger partial charge on any atom is 0.327 e. The van der Waals surface area contributed by atoms with Crippen molar-refractivity contribution in [3.05, 3.63) is 88.9 Å². The molecule has 0 bridgehead atoms. The van der Waals surface area contributed by atoms with Crippen molar-refractivity contribution in [2.45, 2.75) is 46.4 Å². The van der Waals surface area contributed by atoms with E-state index in [1.54, 1.807) is 11.0 Å². The lowest BCUT2D eigenvalue weighted by molar-refractivity contribution is 0.0950. The maximum atomic E-state index is 14.0. The third-order valence-corrected chi connectivity index (χ3v) is 10.8. The molecule has 2 aliphatic heterocycles. The first-order valence-electron chi connectivity index (χ1n) is 12.8. The van der Waals surface area contributed by atoms with Gasteiger partial charge in [-0.1, -0.05) is 93.0 Å². The summed E-state index contributed by atoms with van der Waals surface area (Å²) in [5.74, 6) is 0.279. The highest BCUT2D eigenvalue weighted by Crippen LogP contribution is 2.47. The largest absolute Gasteiger partial charge is 0.389 e. The summed E-state index contributed by atoms with van der Waals surface area (Å²) < 4.78 is 7.21. The standard InChI is InChI=1S/C30H32ClN3O2Si/c1-20-25(16-15-21(19-32)26(20)31)34-28(27-24(30(2,3)4)17-18-33(27)29(34)35)36-37(22-11-7-5-8-12-22)23-13-9-6-10-14-23/h5-16,24,27-28,37H,17-18H2,1-4H3/t24-,27+,28?/m0/s1. The van der Waals surface area contributed by atoms with Gasteiger partial charge in [0.05, 0.1) is 22.3 Å². The molecule has 0 saturated carbocycles. The van der Waals surface area contributed by atoms with Crippen molar-refractivity contribution in [2.24, 2.45) is 11.3 Å². The van der Waals surface area contributed by atoms with Crippen LogP contribution >= 0.6 is 11.6 Å². The normalized spacial score (nSPS) is 21.4. The number of benzene rings is 3. The number of rotatable bonds is 5. The fourth-order valence-corrected chi connectivity index (χ4v) is 8.49. The van der Waals surface area contributed by atoms with Crippen LogP contribution in [-0.4, -0.2) is 38.8 Å². The Bertz CT molecular complexity index is 1300. The number of carbonyl (C=O) groups is 1. The van der Waals surface area contributed by atoms with Gasteiger partial charge < -0.3 is 9.33 Å². The average molecular weight is 530 g/mol. The second-order valence-corrected chi connectivity index (χ2v) is 13.8. The summed E-state index contributed by atoms with van der Waals surface area (Å²) in [5.41, 5.74) is 1.83. The number of urea groups is 1. The first-order valence-corrected chi connectivity index (χ1v) is 14.8. The van der Waals surface area contributed by atoms with Crippen LogP contribution in [0.2, 0.25) is 5.02 Å². The zero-order valence-electron chi connectivity index (χ0n) is 21.7. The molecule has 0 spiro atoms. The van der Waals surface area contributed by atoms with Crippen LogP contribution in [0, 0.1) is 29.6 Å². The van der Waals surface area contributed by atoms with Crippen molar-refractivity contribution >= 4 is 42.7 Å². The van der Waals surface area contributed by atoms with Crippen molar-refractivity contribution in [1.82, 2.24) is 4.90 Å². The van der Waals surface area contributed by atoms with Gasteiger partial charge in [-0.15, -0.1) is 0 Å². The van der Waals surface area contributed by atoms with Crippen LogP contribution in [0.4, 0.5) is 10.5 Å². The molecule has 37 heavy (non-hydrogen) atoms. The van der Waals surface area contributed by atoms with E-state index in [0.717, 1.165) is 6.42 Å². The minimum atomic E-state index is -2.18. The highest BCUT2D eigenvalue weighted by molar-refractivity contribution is 6.80. The van der Waals surface area contributed by atoms with Crippen LogP contribution in [0.25, 0.3) is 0 Å². The first-order chi connectivity index (χ1) is 17.7. The molecule has 0 aromatic heterocycles. The molecule has 0 radical (unpaired) electrons. The van der Waals surface area contributed by atoms with E-state index in [1.165, 1.54) is 10.4 Å². The van der Waals surface area contributed by atoms with E-state index < -0.39 is 15.3 Å². The molecule has 5 nitrogen and oxygen atoms in total. The molecule has 3 aromatic carbocycles. The topological polar surface area (TPSA) is 56.6 Å². The van der Waals surface area contributed by atoms with Gasteiger partial charge in [0, 0.05) is 6.54 Å². The van der Waals surface area contributed by atoms with E-state index in [4.69, 9.17) is 16.0 Å². The van der Waals surface area contributed by atoms with Gasteiger partial charge in [0.25, 0.3) is 0 Å². The Balaban J connectivity index is 1.65. The molecule has 5 rings (SSSR count). The van der Waals surface area contributed by atoms with Gasteiger partial charge in [0.15, 0.2) is 0 Å². The summed E-state index contributed by atoms with van der Waals surface area (Å²) in [5, 5.41) is 12.2. The monoisotopic (exact) mass is 529 g/mol. The third kappa shape index (κ3) is 4.57. The van der Waals surface area contributed by atoms with Crippen LogP contribution in [0.3, 0.4) is 0 Å². The second-order valence-electron chi connectivity index (χ2n) is 11.0. The van der Waals surface area contributed by atoms with Gasteiger partial charge in [-0.2, -0.15) is 5.26 Å². The molecule has 0 aliphatic carbocycles. The SMILES string of the molecule is Cc1c(N2C(=O)N3CC[C@H](C(C)(C)C)[C@@H]3C2O[SiH](c2ccccc2)c2ccccc2)ccc(C#N)c1Cl. The number of anilines is 1. The lowest BCUT2D eigenvalue weighted by Gasteiger charge is -2.37. The Morgan fingerprint density at radius 1 is 1.00 bits per heavy atom. The molecule has 2 aliphatic rings. The second kappa shape index (κ2) is 9.98. The third-order valence-electron chi connectivity index (χ3n) is 7.78. The predicted octanol–water partition coefficient (Wildman–Crippen LogP) is 5.08. The highest BCUT2D eigenvalue weighted by Gasteiger charge is 2.57. The molecule has 190 valence electrons. The molecule has 7 heteroatoms. The summed E-state index contributed by atoms with van der Waals surface area (Å²) in [6.07, 6.45) is 0.475. The van der Waals surface area contributed by atoms with E-state index in [-0.39, 0.29) is 23.4 Å². The molecule has 2 heterocycles. The van der Waals surface area contributed by atoms with Gasteiger partial charge in [-0.25, -0.2) is 4.79 Å². The molecule has 1 unspecified atom stereocenters. The molecule has 3 aromatic rings. The molecule has 2 amide bonds. The van der Waals surface area contributed by atoms with E-state index >= 15 is 0 Å². The average Bonchev–Trinajstić information content (AvgIpc) is 3.45. The lowest BCUT2D eigenvalue weighted by atomic mass is 9.76. The van der Waals surface area contributed by atoms with Crippen LogP contribution < -0.4 is 15.3 Å². The fourth-order valence-electron chi connectivity index (χ4n) is 5.88. The molecule has 2 saturated heterocycles.